The Kier molecular flexibility index (Phi) is 7.65. The zero-order valence-corrected chi connectivity index (χ0v) is 20.9. The minimum atomic E-state index is -4.07. The normalized spacial score (nSPS) is 11.5. The molecule has 0 heterocycles. The van der Waals surface area contributed by atoms with Crippen molar-refractivity contribution in [1.29, 1.82) is 0 Å². The Labute approximate surface area is 211 Å². The van der Waals surface area contributed by atoms with E-state index in [1.807, 2.05) is 56.3 Å². The number of carbonyl (C=O) groups is 1. The first kappa shape index (κ1) is 24.9. The summed E-state index contributed by atoms with van der Waals surface area (Å²) in [6.07, 6.45) is 1.55. The highest BCUT2D eigenvalue weighted by Crippen LogP contribution is 2.32. The van der Waals surface area contributed by atoms with E-state index < -0.39 is 22.5 Å². The Hall–Kier alpha value is -4.17. The van der Waals surface area contributed by atoms with E-state index in [0.29, 0.717) is 12.4 Å². The average molecular weight is 502 g/mol. The number of hydrogen-bond acceptors (Lipinski definition) is 5. The number of para-hydroxylation sites is 2. The van der Waals surface area contributed by atoms with E-state index >= 15 is 0 Å². The molecule has 0 aliphatic heterocycles. The Morgan fingerprint density at radius 2 is 1.64 bits per heavy atom. The number of anilines is 1. The van der Waals surface area contributed by atoms with Gasteiger partial charge in [-0.1, -0.05) is 72.3 Å². The van der Waals surface area contributed by atoms with Crippen LogP contribution in [0.3, 0.4) is 0 Å². The van der Waals surface area contributed by atoms with Gasteiger partial charge in [0.05, 0.1) is 23.4 Å². The summed E-state index contributed by atoms with van der Waals surface area (Å²) in [5.41, 5.74) is 4.49. The van der Waals surface area contributed by atoms with Crippen molar-refractivity contribution in [2.24, 2.45) is 5.10 Å². The lowest BCUT2D eigenvalue weighted by Gasteiger charge is -2.25. The van der Waals surface area contributed by atoms with Crippen molar-refractivity contribution < 1.29 is 17.9 Å². The van der Waals surface area contributed by atoms with Crippen molar-refractivity contribution in [3.63, 3.8) is 0 Å². The lowest BCUT2D eigenvalue weighted by atomic mass is 10.1. The summed E-state index contributed by atoms with van der Waals surface area (Å²) >= 11 is 0. The highest BCUT2D eigenvalue weighted by atomic mass is 32.2. The summed E-state index contributed by atoms with van der Waals surface area (Å²) in [6, 6.07) is 26.9. The van der Waals surface area contributed by atoms with E-state index in [-0.39, 0.29) is 10.6 Å². The van der Waals surface area contributed by atoms with Gasteiger partial charge in [0, 0.05) is 5.56 Å². The fourth-order valence-electron chi connectivity index (χ4n) is 3.78. The predicted octanol–water partition coefficient (Wildman–Crippen LogP) is 4.89. The SMILES string of the molecule is CCOc1ccccc1N(CC(=O)N/N=C\c1cccc2ccccc12)S(=O)(=O)c1ccc(C)cc1. The van der Waals surface area contributed by atoms with E-state index in [1.165, 1.54) is 12.1 Å². The molecule has 0 bridgehead atoms. The van der Waals surface area contributed by atoms with Crippen LogP contribution in [0.25, 0.3) is 10.8 Å². The van der Waals surface area contributed by atoms with Crippen molar-refractivity contribution in [2.45, 2.75) is 18.7 Å². The van der Waals surface area contributed by atoms with Crippen LogP contribution in [0.15, 0.2) is 101 Å². The largest absolute Gasteiger partial charge is 0.492 e. The van der Waals surface area contributed by atoms with Gasteiger partial charge in [0.2, 0.25) is 0 Å². The third-order valence-corrected chi connectivity index (χ3v) is 7.32. The molecule has 0 unspecified atom stereocenters. The second-order valence-corrected chi connectivity index (χ2v) is 9.95. The van der Waals surface area contributed by atoms with Gasteiger partial charge in [-0.15, -0.1) is 0 Å². The summed E-state index contributed by atoms with van der Waals surface area (Å²) in [4.78, 5) is 13.0. The minimum absolute atomic E-state index is 0.0754. The van der Waals surface area contributed by atoms with E-state index in [2.05, 4.69) is 10.5 Å². The van der Waals surface area contributed by atoms with Gasteiger partial charge in [-0.25, -0.2) is 13.8 Å². The minimum Gasteiger partial charge on any atom is -0.492 e. The number of hydrogen-bond donors (Lipinski definition) is 1. The van der Waals surface area contributed by atoms with Crippen molar-refractivity contribution in [2.75, 3.05) is 17.5 Å². The summed E-state index contributed by atoms with van der Waals surface area (Å²) < 4.78 is 34.0. The number of ether oxygens (including phenoxy) is 1. The summed E-state index contributed by atoms with van der Waals surface area (Å²) in [5.74, 6) is -0.226. The fraction of sp³-hybridized carbons (Fsp3) is 0.143. The Morgan fingerprint density at radius 3 is 2.42 bits per heavy atom. The first-order valence-electron chi connectivity index (χ1n) is 11.5. The molecule has 36 heavy (non-hydrogen) atoms. The van der Waals surface area contributed by atoms with Gasteiger partial charge in [0.1, 0.15) is 12.3 Å². The molecule has 0 spiro atoms. The van der Waals surface area contributed by atoms with Crippen molar-refractivity contribution in [1.82, 2.24) is 5.43 Å². The number of aryl methyl sites for hydroxylation is 1. The number of nitrogens with one attached hydrogen (secondary N) is 1. The van der Waals surface area contributed by atoms with Gasteiger partial charge in [0.15, 0.2) is 0 Å². The molecule has 4 aromatic rings. The Morgan fingerprint density at radius 1 is 0.944 bits per heavy atom. The van der Waals surface area contributed by atoms with Crippen LogP contribution in [0.5, 0.6) is 5.75 Å². The smallest absolute Gasteiger partial charge is 0.264 e. The molecule has 0 atom stereocenters. The molecular weight excluding hydrogens is 474 g/mol. The number of fused-ring (bicyclic) bond motifs is 1. The first-order chi connectivity index (χ1) is 17.4. The van der Waals surface area contributed by atoms with Crippen LogP contribution in [0.1, 0.15) is 18.1 Å². The van der Waals surface area contributed by atoms with E-state index in [0.717, 1.165) is 26.2 Å². The second kappa shape index (κ2) is 11.0. The molecular formula is C28H27N3O4S. The third-order valence-electron chi connectivity index (χ3n) is 5.55. The summed E-state index contributed by atoms with van der Waals surface area (Å²) in [5, 5.41) is 6.13. The van der Waals surface area contributed by atoms with Gasteiger partial charge in [-0.05, 0) is 48.9 Å². The van der Waals surface area contributed by atoms with Gasteiger partial charge in [-0.2, -0.15) is 5.10 Å². The van der Waals surface area contributed by atoms with Gasteiger partial charge in [-0.3, -0.25) is 9.10 Å². The second-order valence-electron chi connectivity index (χ2n) is 8.09. The van der Waals surface area contributed by atoms with Crippen molar-refractivity contribution in [3.05, 3.63) is 102 Å². The van der Waals surface area contributed by atoms with Crippen molar-refractivity contribution in [3.8, 4) is 5.75 Å². The molecule has 4 aromatic carbocycles. The molecule has 184 valence electrons. The van der Waals surface area contributed by atoms with Gasteiger partial charge >= 0.3 is 0 Å². The molecule has 0 saturated heterocycles. The third kappa shape index (κ3) is 5.55. The fourth-order valence-corrected chi connectivity index (χ4v) is 5.21. The van der Waals surface area contributed by atoms with Crippen LogP contribution in [0.4, 0.5) is 5.69 Å². The molecule has 0 fully saturated rings. The van der Waals surface area contributed by atoms with Crippen LogP contribution in [-0.4, -0.2) is 33.7 Å². The maximum Gasteiger partial charge on any atom is 0.264 e. The quantitative estimate of drug-likeness (QED) is 0.261. The van der Waals surface area contributed by atoms with E-state index in [4.69, 9.17) is 4.74 Å². The topological polar surface area (TPSA) is 88.1 Å². The van der Waals surface area contributed by atoms with Crippen molar-refractivity contribution >= 4 is 38.6 Å². The van der Waals surface area contributed by atoms with E-state index in [1.54, 1.807) is 42.6 Å². The molecule has 8 heteroatoms. The number of benzene rings is 4. The van der Waals surface area contributed by atoms with Gasteiger partial charge < -0.3 is 4.74 Å². The molecule has 1 N–H and O–H groups in total. The molecule has 0 aliphatic rings. The molecule has 1 amide bonds. The molecule has 7 nitrogen and oxygen atoms in total. The van der Waals surface area contributed by atoms with Gasteiger partial charge in [0.25, 0.3) is 15.9 Å². The maximum atomic E-state index is 13.6. The number of amides is 1. The zero-order chi connectivity index (χ0) is 25.5. The van der Waals surface area contributed by atoms with Crippen LogP contribution < -0.4 is 14.5 Å². The lowest BCUT2D eigenvalue weighted by molar-refractivity contribution is -0.119. The highest BCUT2D eigenvalue weighted by molar-refractivity contribution is 7.92. The first-order valence-corrected chi connectivity index (χ1v) is 12.9. The van der Waals surface area contributed by atoms with Crippen LogP contribution in [0.2, 0.25) is 0 Å². The standard InChI is InChI=1S/C28H27N3O4S/c1-3-35-27-14-7-6-13-26(27)31(36(33,34)24-17-15-21(2)16-18-24)20-28(32)30-29-19-23-11-8-10-22-9-4-5-12-25(22)23/h4-19H,3,20H2,1-2H3,(H,30,32)/b29-19-. The molecule has 0 radical (unpaired) electrons. The van der Waals surface area contributed by atoms with Crippen LogP contribution in [-0.2, 0) is 14.8 Å². The number of carbonyl (C=O) groups excluding carboxylic acids is 1. The molecule has 4 rings (SSSR count). The predicted molar refractivity (Wildman–Crippen MR) is 143 cm³/mol. The van der Waals surface area contributed by atoms with Crippen LogP contribution in [0, 0.1) is 6.92 Å². The number of hydrazone groups is 1. The van der Waals surface area contributed by atoms with Crippen LogP contribution >= 0.6 is 0 Å². The number of sulfonamides is 1. The average Bonchev–Trinajstić information content (AvgIpc) is 2.88. The Bertz CT molecular complexity index is 1490. The molecule has 0 aliphatic carbocycles. The molecule has 0 saturated carbocycles. The monoisotopic (exact) mass is 501 g/mol. The number of rotatable bonds is 9. The lowest BCUT2D eigenvalue weighted by Crippen LogP contribution is -2.39. The number of nitrogens with zero attached hydrogens (tertiary/aromatic N) is 2. The summed E-state index contributed by atoms with van der Waals surface area (Å²) in [6.45, 7) is 3.55. The maximum absolute atomic E-state index is 13.6. The van der Waals surface area contributed by atoms with E-state index in [9.17, 15) is 13.2 Å². The highest BCUT2D eigenvalue weighted by Gasteiger charge is 2.29. The summed E-state index contributed by atoms with van der Waals surface area (Å²) in [7, 11) is -4.07. The zero-order valence-electron chi connectivity index (χ0n) is 20.1. The Balaban J connectivity index is 1.62. The molecule has 0 aromatic heterocycles.